The van der Waals surface area contributed by atoms with Crippen LogP contribution in [-0.2, 0) is 17.8 Å². The van der Waals surface area contributed by atoms with Crippen molar-refractivity contribution in [1.29, 1.82) is 0 Å². The molecule has 35 heavy (non-hydrogen) atoms. The van der Waals surface area contributed by atoms with Crippen LogP contribution in [0.2, 0.25) is 0 Å². The molecule has 1 aromatic carbocycles. The predicted molar refractivity (Wildman–Crippen MR) is 140 cm³/mol. The van der Waals surface area contributed by atoms with Gasteiger partial charge in [0, 0.05) is 31.9 Å². The molecule has 0 atom stereocenters. The Morgan fingerprint density at radius 1 is 1.17 bits per heavy atom. The minimum atomic E-state index is -0.483. The Morgan fingerprint density at radius 2 is 1.89 bits per heavy atom. The van der Waals surface area contributed by atoms with Gasteiger partial charge in [0.25, 0.3) is 0 Å². The molecular formula is C27H38N6O2. The van der Waals surface area contributed by atoms with Gasteiger partial charge in [0.05, 0.1) is 5.69 Å². The number of aromatic nitrogens is 3. The van der Waals surface area contributed by atoms with Gasteiger partial charge in [-0.25, -0.2) is 14.8 Å². The van der Waals surface area contributed by atoms with Gasteiger partial charge in [-0.15, -0.1) is 0 Å². The van der Waals surface area contributed by atoms with Gasteiger partial charge in [-0.2, -0.15) is 0 Å². The molecule has 188 valence electrons. The lowest BCUT2D eigenvalue weighted by Gasteiger charge is -2.30. The van der Waals surface area contributed by atoms with Crippen LogP contribution < -0.4 is 16.0 Å². The van der Waals surface area contributed by atoms with E-state index in [1.165, 1.54) is 5.56 Å². The zero-order valence-corrected chi connectivity index (χ0v) is 21.3. The summed E-state index contributed by atoms with van der Waals surface area (Å²) in [6, 6.07) is 10.6. The lowest BCUT2D eigenvalue weighted by Crippen LogP contribution is -2.41. The second-order valence-electron chi connectivity index (χ2n) is 10.5. The van der Waals surface area contributed by atoms with Crippen LogP contribution in [0.15, 0.2) is 42.9 Å². The molecular weight excluding hydrogens is 440 g/mol. The normalized spacial score (nSPS) is 18.4. The summed E-state index contributed by atoms with van der Waals surface area (Å²) in [6.45, 7) is 10.3. The van der Waals surface area contributed by atoms with Gasteiger partial charge in [0.1, 0.15) is 23.0 Å². The van der Waals surface area contributed by atoms with Gasteiger partial charge in [-0.3, -0.25) is 0 Å². The second kappa shape index (κ2) is 10.5. The third kappa shape index (κ3) is 6.24. The van der Waals surface area contributed by atoms with Gasteiger partial charge in [0.2, 0.25) is 0 Å². The van der Waals surface area contributed by atoms with Crippen LogP contribution in [0.1, 0.15) is 58.9 Å². The van der Waals surface area contributed by atoms with E-state index in [-0.39, 0.29) is 12.1 Å². The number of fused-ring (bicyclic) bond motifs is 1. The SMILES string of the molecule is CCN(Cc1ccccc1)c1ncnc2c(N)cn(CC3CCC(NC(=O)OC(C)(C)C)CC3)c12. The summed E-state index contributed by atoms with van der Waals surface area (Å²) < 4.78 is 7.65. The number of hydrogen-bond donors (Lipinski definition) is 2. The maximum Gasteiger partial charge on any atom is 0.407 e. The number of anilines is 2. The number of carbonyl (C=O) groups excluding carboxylic acids is 1. The van der Waals surface area contributed by atoms with Crippen LogP contribution in [0.25, 0.3) is 11.0 Å². The summed E-state index contributed by atoms with van der Waals surface area (Å²) in [5.41, 5.74) is 9.62. The molecule has 1 saturated carbocycles. The van der Waals surface area contributed by atoms with Gasteiger partial charge in [0.15, 0.2) is 5.82 Å². The number of nitrogen functional groups attached to an aromatic ring is 1. The molecule has 0 unspecified atom stereocenters. The molecule has 0 spiro atoms. The van der Waals surface area contributed by atoms with E-state index in [4.69, 9.17) is 15.5 Å². The number of nitrogens with two attached hydrogens (primary N) is 1. The number of alkyl carbamates (subject to hydrolysis) is 1. The highest BCUT2D eigenvalue weighted by molar-refractivity contribution is 5.95. The molecule has 0 saturated heterocycles. The van der Waals surface area contributed by atoms with Gasteiger partial charge in [-0.05, 0) is 64.9 Å². The summed E-state index contributed by atoms with van der Waals surface area (Å²) in [7, 11) is 0. The minimum absolute atomic E-state index is 0.160. The van der Waals surface area contributed by atoms with E-state index < -0.39 is 5.60 Å². The molecule has 8 nitrogen and oxygen atoms in total. The van der Waals surface area contributed by atoms with E-state index in [1.807, 2.05) is 33.0 Å². The maximum absolute atomic E-state index is 12.1. The first-order valence-electron chi connectivity index (χ1n) is 12.6. The first-order chi connectivity index (χ1) is 16.7. The van der Waals surface area contributed by atoms with Crippen molar-refractivity contribution in [3.05, 3.63) is 48.4 Å². The highest BCUT2D eigenvalue weighted by atomic mass is 16.6. The largest absolute Gasteiger partial charge is 0.444 e. The summed E-state index contributed by atoms with van der Waals surface area (Å²) in [5, 5.41) is 3.03. The fraction of sp³-hybridized carbons (Fsp3) is 0.519. The second-order valence-corrected chi connectivity index (χ2v) is 10.5. The van der Waals surface area contributed by atoms with Gasteiger partial charge in [-0.1, -0.05) is 30.3 Å². The number of ether oxygens (including phenoxy) is 1. The van der Waals surface area contributed by atoms with Crippen molar-refractivity contribution in [2.45, 2.75) is 78.1 Å². The Kier molecular flexibility index (Phi) is 7.48. The van der Waals surface area contributed by atoms with Crippen molar-refractivity contribution >= 4 is 28.6 Å². The molecule has 3 N–H and O–H groups in total. The number of nitrogens with one attached hydrogen (secondary N) is 1. The molecule has 1 aliphatic rings. The van der Waals surface area contributed by atoms with Crippen molar-refractivity contribution in [2.24, 2.45) is 5.92 Å². The van der Waals surface area contributed by atoms with Crippen LogP contribution in [0.4, 0.5) is 16.3 Å². The topological polar surface area (TPSA) is 98.3 Å². The Bertz CT molecular complexity index is 1130. The first kappa shape index (κ1) is 24.8. The lowest BCUT2D eigenvalue weighted by molar-refractivity contribution is 0.0486. The van der Waals surface area contributed by atoms with Crippen molar-refractivity contribution in [2.75, 3.05) is 17.2 Å². The highest BCUT2D eigenvalue weighted by Crippen LogP contribution is 2.33. The van der Waals surface area contributed by atoms with Crippen LogP contribution in [0.5, 0.6) is 0 Å². The molecule has 4 rings (SSSR count). The van der Waals surface area contributed by atoms with E-state index in [1.54, 1.807) is 6.33 Å². The molecule has 1 amide bonds. The first-order valence-corrected chi connectivity index (χ1v) is 12.6. The molecule has 0 aliphatic heterocycles. The molecule has 1 fully saturated rings. The van der Waals surface area contributed by atoms with Gasteiger partial charge < -0.3 is 25.3 Å². The number of hydrogen-bond acceptors (Lipinski definition) is 6. The fourth-order valence-corrected chi connectivity index (χ4v) is 4.90. The number of benzene rings is 1. The molecule has 3 aromatic rings. The third-order valence-electron chi connectivity index (χ3n) is 6.58. The number of nitrogens with zero attached hydrogens (tertiary/aromatic N) is 4. The number of rotatable bonds is 7. The number of carbonyl (C=O) groups is 1. The van der Waals surface area contributed by atoms with E-state index in [2.05, 4.69) is 51.0 Å². The standard InChI is InChI=1S/C27H38N6O2/c1-5-32(15-19-9-7-6-8-10-19)25-24-23(29-18-30-25)22(28)17-33(24)16-20-11-13-21(14-12-20)31-26(34)35-27(2,3)4/h6-10,17-18,20-21H,5,11-16,28H2,1-4H3,(H,31,34). The summed E-state index contributed by atoms with van der Waals surface area (Å²) in [5.74, 6) is 1.41. The highest BCUT2D eigenvalue weighted by Gasteiger charge is 2.26. The van der Waals surface area contributed by atoms with E-state index in [0.717, 1.165) is 62.2 Å². The molecule has 1 aliphatic carbocycles. The average molecular weight is 479 g/mol. The lowest BCUT2D eigenvalue weighted by atomic mass is 9.86. The van der Waals surface area contributed by atoms with Crippen molar-refractivity contribution in [1.82, 2.24) is 19.9 Å². The molecule has 0 bridgehead atoms. The summed E-state index contributed by atoms with van der Waals surface area (Å²) in [6.07, 6.45) is 7.23. The Labute approximate surface area is 207 Å². The fourth-order valence-electron chi connectivity index (χ4n) is 4.90. The molecule has 0 radical (unpaired) electrons. The van der Waals surface area contributed by atoms with Crippen LogP contribution >= 0.6 is 0 Å². The average Bonchev–Trinajstić information content (AvgIpc) is 3.13. The maximum atomic E-state index is 12.1. The summed E-state index contributed by atoms with van der Waals surface area (Å²) in [4.78, 5) is 23.6. The monoisotopic (exact) mass is 478 g/mol. The molecule has 2 aromatic heterocycles. The van der Waals surface area contributed by atoms with Crippen LogP contribution in [-0.4, -0.2) is 38.8 Å². The Hall–Kier alpha value is -3.29. The summed E-state index contributed by atoms with van der Waals surface area (Å²) >= 11 is 0. The molecule has 8 heteroatoms. The predicted octanol–water partition coefficient (Wildman–Crippen LogP) is 5.12. The van der Waals surface area contributed by atoms with E-state index in [9.17, 15) is 4.79 Å². The molecule has 2 heterocycles. The smallest absolute Gasteiger partial charge is 0.407 e. The van der Waals surface area contributed by atoms with E-state index >= 15 is 0 Å². The number of amides is 1. The van der Waals surface area contributed by atoms with Crippen LogP contribution in [0, 0.1) is 5.92 Å². The van der Waals surface area contributed by atoms with Crippen molar-refractivity contribution in [3.8, 4) is 0 Å². The van der Waals surface area contributed by atoms with Gasteiger partial charge >= 0.3 is 6.09 Å². The third-order valence-corrected chi connectivity index (χ3v) is 6.58. The van der Waals surface area contributed by atoms with E-state index in [0.29, 0.717) is 11.6 Å². The Morgan fingerprint density at radius 3 is 2.54 bits per heavy atom. The minimum Gasteiger partial charge on any atom is -0.444 e. The van der Waals surface area contributed by atoms with Crippen molar-refractivity contribution < 1.29 is 9.53 Å². The zero-order valence-electron chi connectivity index (χ0n) is 21.3. The quantitative estimate of drug-likeness (QED) is 0.489. The Balaban J connectivity index is 1.47. The zero-order chi connectivity index (χ0) is 25.0. The van der Waals surface area contributed by atoms with Crippen molar-refractivity contribution in [3.63, 3.8) is 0 Å². The van der Waals surface area contributed by atoms with Crippen LogP contribution in [0.3, 0.4) is 0 Å².